The predicted octanol–water partition coefficient (Wildman–Crippen LogP) is 1.07. The summed E-state index contributed by atoms with van der Waals surface area (Å²) in [5.41, 5.74) is 1.56. The summed E-state index contributed by atoms with van der Waals surface area (Å²) in [5.74, 6) is 6.53. The maximum absolute atomic E-state index is 10.6. The summed E-state index contributed by atoms with van der Waals surface area (Å²) in [7, 11) is 1.56. The van der Waals surface area contributed by atoms with Gasteiger partial charge < -0.3 is 15.2 Å². The zero-order chi connectivity index (χ0) is 13.4. The molecule has 0 unspecified atom stereocenters. The van der Waals surface area contributed by atoms with Gasteiger partial charge in [0, 0.05) is 31.0 Å². The molecule has 0 aliphatic rings. The van der Waals surface area contributed by atoms with E-state index in [0.29, 0.717) is 18.7 Å². The van der Waals surface area contributed by atoms with Crippen LogP contribution in [0.1, 0.15) is 24.5 Å². The van der Waals surface area contributed by atoms with Gasteiger partial charge in [-0.3, -0.25) is 4.79 Å². The van der Waals surface area contributed by atoms with Crippen LogP contribution in [0.2, 0.25) is 0 Å². The van der Waals surface area contributed by atoms with Crippen LogP contribution in [0, 0.1) is 11.8 Å². The molecule has 2 N–H and O–H groups in total. The summed E-state index contributed by atoms with van der Waals surface area (Å²) < 4.78 is 5.15. The first-order chi connectivity index (χ1) is 8.67. The first-order valence-corrected chi connectivity index (χ1v) is 5.68. The zero-order valence-corrected chi connectivity index (χ0v) is 10.6. The van der Waals surface area contributed by atoms with Crippen molar-refractivity contribution in [2.24, 2.45) is 0 Å². The normalized spacial score (nSPS) is 9.28. The lowest BCUT2D eigenvalue weighted by Crippen LogP contribution is -2.20. The van der Waals surface area contributed by atoms with E-state index >= 15 is 0 Å². The van der Waals surface area contributed by atoms with E-state index in [1.807, 2.05) is 6.07 Å². The van der Waals surface area contributed by atoms with Crippen LogP contribution in [0.4, 0.5) is 0 Å². The molecule has 1 amide bonds. The Kier molecular flexibility index (Phi) is 5.75. The van der Waals surface area contributed by atoms with Crippen molar-refractivity contribution in [2.75, 3.05) is 13.7 Å². The Morgan fingerprint density at radius 2 is 2.28 bits per heavy atom. The number of benzene rings is 1. The SMILES string of the molecule is COc1cc(C#CCCNC(C)=O)ccc1CO. The second kappa shape index (κ2) is 7.36. The van der Waals surface area contributed by atoms with Crippen LogP contribution in [-0.2, 0) is 11.4 Å². The Bertz CT molecular complexity index is 472. The molecule has 0 fully saturated rings. The fourth-order valence-corrected chi connectivity index (χ4v) is 1.42. The van der Waals surface area contributed by atoms with Crippen LogP contribution in [-0.4, -0.2) is 24.7 Å². The van der Waals surface area contributed by atoms with Crippen molar-refractivity contribution in [1.29, 1.82) is 0 Å². The number of aliphatic hydroxyl groups excluding tert-OH is 1. The maximum Gasteiger partial charge on any atom is 0.216 e. The van der Waals surface area contributed by atoms with Gasteiger partial charge >= 0.3 is 0 Å². The van der Waals surface area contributed by atoms with Crippen molar-refractivity contribution in [3.8, 4) is 17.6 Å². The molecule has 4 nitrogen and oxygen atoms in total. The first kappa shape index (κ1) is 14.1. The Morgan fingerprint density at radius 3 is 2.89 bits per heavy atom. The lowest BCUT2D eigenvalue weighted by atomic mass is 10.1. The van der Waals surface area contributed by atoms with Crippen molar-refractivity contribution in [1.82, 2.24) is 5.32 Å². The quantitative estimate of drug-likeness (QED) is 0.618. The third kappa shape index (κ3) is 4.48. The number of carbonyl (C=O) groups is 1. The van der Waals surface area contributed by atoms with Gasteiger partial charge in [0.1, 0.15) is 5.75 Å². The fraction of sp³-hybridized carbons (Fsp3) is 0.357. The van der Waals surface area contributed by atoms with Gasteiger partial charge in [-0.25, -0.2) is 0 Å². The minimum Gasteiger partial charge on any atom is -0.496 e. The van der Waals surface area contributed by atoms with Crippen LogP contribution in [0.5, 0.6) is 5.75 Å². The third-order valence-corrected chi connectivity index (χ3v) is 2.31. The Labute approximate surface area is 107 Å². The maximum atomic E-state index is 10.6. The summed E-state index contributed by atoms with van der Waals surface area (Å²) in [6.45, 7) is 1.97. The molecule has 0 aliphatic carbocycles. The molecule has 1 rings (SSSR count). The zero-order valence-electron chi connectivity index (χ0n) is 10.6. The van der Waals surface area contributed by atoms with E-state index < -0.39 is 0 Å². The number of carbonyl (C=O) groups excluding carboxylic acids is 1. The molecule has 0 saturated heterocycles. The Balaban J connectivity index is 2.62. The topological polar surface area (TPSA) is 58.6 Å². The smallest absolute Gasteiger partial charge is 0.216 e. The monoisotopic (exact) mass is 247 g/mol. The van der Waals surface area contributed by atoms with Crippen molar-refractivity contribution in [2.45, 2.75) is 20.0 Å². The van der Waals surface area contributed by atoms with Gasteiger partial charge in [-0.2, -0.15) is 0 Å². The molecule has 18 heavy (non-hydrogen) atoms. The minimum absolute atomic E-state index is 0.0502. The highest BCUT2D eigenvalue weighted by atomic mass is 16.5. The molecule has 0 heterocycles. The molecule has 0 saturated carbocycles. The number of ether oxygens (including phenoxy) is 1. The summed E-state index contributed by atoms with van der Waals surface area (Å²) in [6.07, 6.45) is 0.601. The number of rotatable bonds is 4. The van der Waals surface area contributed by atoms with Gasteiger partial charge in [-0.15, -0.1) is 0 Å². The molecule has 4 heteroatoms. The van der Waals surface area contributed by atoms with Gasteiger partial charge in [0.15, 0.2) is 0 Å². The molecule has 1 aromatic rings. The van der Waals surface area contributed by atoms with E-state index in [9.17, 15) is 4.79 Å². The highest BCUT2D eigenvalue weighted by Crippen LogP contribution is 2.19. The van der Waals surface area contributed by atoms with Gasteiger partial charge in [0.25, 0.3) is 0 Å². The summed E-state index contributed by atoms with van der Waals surface area (Å²) in [5, 5.41) is 11.8. The van der Waals surface area contributed by atoms with Gasteiger partial charge in [-0.05, 0) is 12.1 Å². The fourth-order valence-electron chi connectivity index (χ4n) is 1.42. The average molecular weight is 247 g/mol. The average Bonchev–Trinajstić information content (AvgIpc) is 2.37. The van der Waals surface area contributed by atoms with E-state index in [1.165, 1.54) is 6.92 Å². The van der Waals surface area contributed by atoms with Crippen LogP contribution >= 0.6 is 0 Å². The molecule has 0 aromatic heterocycles. The predicted molar refractivity (Wildman–Crippen MR) is 69.1 cm³/mol. The molecule has 0 bridgehead atoms. The van der Waals surface area contributed by atoms with Gasteiger partial charge in [-0.1, -0.05) is 17.9 Å². The van der Waals surface area contributed by atoms with E-state index in [0.717, 1.165) is 11.1 Å². The van der Waals surface area contributed by atoms with Crippen molar-refractivity contribution >= 4 is 5.91 Å². The van der Waals surface area contributed by atoms with E-state index in [1.54, 1.807) is 19.2 Å². The summed E-state index contributed by atoms with van der Waals surface area (Å²) in [6, 6.07) is 5.41. The second-order valence-electron chi connectivity index (χ2n) is 3.72. The minimum atomic E-state index is -0.0561. The molecule has 96 valence electrons. The number of aliphatic hydroxyl groups is 1. The molecular weight excluding hydrogens is 230 g/mol. The first-order valence-electron chi connectivity index (χ1n) is 5.68. The van der Waals surface area contributed by atoms with Crippen LogP contribution in [0.3, 0.4) is 0 Å². The number of hydrogen-bond acceptors (Lipinski definition) is 3. The van der Waals surface area contributed by atoms with Crippen molar-refractivity contribution in [3.05, 3.63) is 29.3 Å². The third-order valence-electron chi connectivity index (χ3n) is 2.31. The molecular formula is C14H17NO3. The van der Waals surface area contributed by atoms with Crippen molar-refractivity contribution < 1.29 is 14.6 Å². The number of amides is 1. The largest absolute Gasteiger partial charge is 0.496 e. The van der Waals surface area contributed by atoms with Gasteiger partial charge in [0.05, 0.1) is 13.7 Å². The van der Waals surface area contributed by atoms with Gasteiger partial charge in [0.2, 0.25) is 5.91 Å². The summed E-state index contributed by atoms with van der Waals surface area (Å²) >= 11 is 0. The summed E-state index contributed by atoms with van der Waals surface area (Å²) in [4.78, 5) is 10.6. The second-order valence-corrected chi connectivity index (χ2v) is 3.72. The van der Waals surface area contributed by atoms with Crippen LogP contribution < -0.4 is 10.1 Å². The Hall–Kier alpha value is -1.99. The lowest BCUT2D eigenvalue weighted by Gasteiger charge is -2.05. The highest BCUT2D eigenvalue weighted by molar-refractivity contribution is 5.72. The molecule has 0 aliphatic heterocycles. The van der Waals surface area contributed by atoms with E-state index in [2.05, 4.69) is 17.2 Å². The number of hydrogen-bond donors (Lipinski definition) is 2. The van der Waals surface area contributed by atoms with E-state index in [4.69, 9.17) is 9.84 Å². The molecule has 0 radical (unpaired) electrons. The van der Waals surface area contributed by atoms with Crippen LogP contribution in [0.15, 0.2) is 18.2 Å². The number of nitrogens with one attached hydrogen (secondary N) is 1. The molecule has 1 aromatic carbocycles. The Morgan fingerprint density at radius 1 is 1.50 bits per heavy atom. The highest BCUT2D eigenvalue weighted by Gasteiger charge is 2.01. The van der Waals surface area contributed by atoms with Crippen LogP contribution in [0.25, 0.3) is 0 Å². The molecule has 0 atom stereocenters. The lowest BCUT2D eigenvalue weighted by molar-refractivity contribution is -0.118. The molecule has 0 spiro atoms. The standard InChI is InChI=1S/C14H17NO3/c1-11(17)15-8-4-3-5-12-6-7-13(10-16)14(9-12)18-2/h6-7,9,16H,4,8,10H2,1-2H3,(H,15,17). The van der Waals surface area contributed by atoms with E-state index in [-0.39, 0.29) is 12.5 Å². The van der Waals surface area contributed by atoms with Crippen molar-refractivity contribution in [3.63, 3.8) is 0 Å². The number of methoxy groups -OCH3 is 1.